The molecule has 0 aliphatic carbocycles. The summed E-state index contributed by atoms with van der Waals surface area (Å²) in [5.74, 6) is -2.27. The molecule has 0 saturated heterocycles. The normalized spacial score (nSPS) is 10.8. The van der Waals surface area contributed by atoms with E-state index in [1.807, 2.05) is 25.1 Å². The minimum absolute atomic E-state index is 0.215. The zero-order valence-corrected chi connectivity index (χ0v) is 11.8. The third-order valence-corrected chi connectivity index (χ3v) is 3.95. The first-order chi connectivity index (χ1) is 10.0. The van der Waals surface area contributed by atoms with Gasteiger partial charge in [-0.1, -0.05) is 23.5 Å². The van der Waals surface area contributed by atoms with E-state index in [0.29, 0.717) is 11.2 Å². The largest absolute Gasteiger partial charge is 0.298 e. The van der Waals surface area contributed by atoms with Gasteiger partial charge in [-0.3, -0.25) is 10.1 Å². The Morgan fingerprint density at radius 3 is 2.76 bits per heavy atom. The van der Waals surface area contributed by atoms with Crippen LogP contribution in [0.3, 0.4) is 0 Å². The second kappa shape index (κ2) is 5.21. The second-order valence-corrected chi connectivity index (χ2v) is 5.55. The van der Waals surface area contributed by atoms with Crippen molar-refractivity contribution >= 4 is 32.6 Å². The van der Waals surface area contributed by atoms with Gasteiger partial charge in [-0.2, -0.15) is 0 Å². The van der Waals surface area contributed by atoms with E-state index in [4.69, 9.17) is 0 Å². The topological polar surface area (TPSA) is 42.0 Å². The molecule has 6 heteroatoms. The molecule has 21 heavy (non-hydrogen) atoms. The molecule has 0 unspecified atom stereocenters. The SMILES string of the molecule is Cc1cccc2sc(NC(=O)c3ccc(F)cc3F)nc12. The Hall–Kier alpha value is -2.34. The molecule has 0 fully saturated rings. The van der Waals surface area contributed by atoms with E-state index < -0.39 is 17.5 Å². The van der Waals surface area contributed by atoms with Gasteiger partial charge in [0.25, 0.3) is 5.91 Å². The number of benzene rings is 2. The van der Waals surface area contributed by atoms with E-state index in [-0.39, 0.29) is 5.56 Å². The van der Waals surface area contributed by atoms with Gasteiger partial charge in [-0.15, -0.1) is 0 Å². The number of nitrogens with zero attached hydrogens (tertiary/aromatic N) is 1. The van der Waals surface area contributed by atoms with Crippen molar-refractivity contribution in [1.82, 2.24) is 4.98 Å². The first-order valence-electron chi connectivity index (χ1n) is 6.17. The highest BCUT2D eigenvalue weighted by molar-refractivity contribution is 7.22. The lowest BCUT2D eigenvalue weighted by atomic mass is 10.2. The van der Waals surface area contributed by atoms with Crippen LogP contribution in [-0.2, 0) is 0 Å². The molecule has 3 nitrogen and oxygen atoms in total. The Kier molecular flexibility index (Phi) is 3.39. The van der Waals surface area contributed by atoms with E-state index in [1.165, 1.54) is 11.3 Å². The lowest BCUT2D eigenvalue weighted by Gasteiger charge is -2.02. The molecule has 1 amide bonds. The van der Waals surface area contributed by atoms with Gasteiger partial charge in [0.2, 0.25) is 0 Å². The lowest BCUT2D eigenvalue weighted by Crippen LogP contribution is -2.13. The van der Waals surface area contributed by atoms with Crippen LogP contribution in [0.15, 0.2) is 36.4 Å². The number of carbonyl (C=O) groups is 1. The van der Waals surface area contributed by atoms with Gasteiger partial charge in [0, 0.05) is 6.07 Å². The molecule has 0 atom stereocenters. The minimum Gasteiger partial charge on any atom is -0.298 e. The number of carbonyl (C=O) groups excluding carboxylic acids is 1. The zero-order valence-electron chi connectivity index (χ0n) is 11.0. The monoisotopic (exact) mass is 304 g/mol. The van der Waals surface area contributed by atoms with Crippen LogP contribution in [0.25, 0.3) is 10.2 Å². The molecule has 0 radical (unpaired) electrons. The molecule has 0 bridgehead atoms. The molecular weight excluding hydrogens is 294 g/mol. The molecule has 1 N–H and O–H groups in total. The fourth-order valence-electron chi connectivity index (χ4n) is 1.98. The van der Waals surface area contributed by atoms with Crippen molar-refractivity contribution in [2.24, 2.45) is 0 Å². The molecule has 0 spiro atoms. The predicted molar refractivity (Wildman–Crippen MR) is 78.7 cm³/mol. The molecular formula is C15H10F2N2OS. The number of thiazole rings is 1. The summed E-state index contributed by atoms with van der Waals surface area (Å²) in [6.45, 7) is 1.92. The van der Waals surface area contributed by atoms with Crippen molar-refractivity contribution in [3.63, 3.8) is 0 Å². The van der Waals surface area contributed by atoms with Crippen molar-refractivity contribution in [3.05, 3.63) is 59.2 Å². The summed E-state index contributed by atoms with van der Waals surface area (Å²) in [5, 5.41) is 2.92. The van der Waals surface area contributed by atoms with Gasteiger partial charge in [0.1, 0.15) is 11.6 Å². The number of rotatable bonds is 2. The fourth-order valence-corrected chi connectivity index (χ4v) is 2.92. The summed E-state index contributed by atoms with van der Waals surface area (Å²) in [6.07, 6.45) is 0. The van der Waals surface area contributed by atoms with Crippen LogP contribution in [0, 0.1) is 18.6 Å². The Balaban J connectivity index is 1.91. The van der Waals surface area contributed by atoms with Crippen molar-refractivity contribution in [3.8, 4) is 0 Å². The number of aryl methyl sites for hydroxylation is 1. The molecule has 1 heterocycles. The maximum Gasteiger partial charge on any atom is 0.260 e. The van der Waals surface area contributed by atoms with Crippen molar-refractivity contribution < 1.29 is 13.6 Å². The first kappa shape index (κ1) is 13.6. The number of amides is 1. The van der Waals surface area contributed by atoms with Crippen LogP contribution >= 0.6 is 11.3 Å². The Morgan fingerprint density at radius 1 is 1.24 bits per heavy atom. The summed E-state index contributed by atoms with van der Waals surface area (Å²) in [4.78, 5) is 16.3. The summed E-state index contributed by atoms with van der Waals surface area (Å²) in [7, 11) is 0. The molecule has 106 valence electrons. The quantitative estimate of drug-likeness (QED) is 0.773. The number of para-hydroxylation sites is 1. The third-order valence-electron chi connectivity index (χ3n) is 3.02. The van der Waals surface area contributed by atoms with E-state index in [0.717, 1.165) is 27.9 Å². The van der Waals surface area contributed by atoms with Gasteiger partial charge >= 0.3 is 0 Å². The standard InChI is InChI=1S/C15H10F2N2OS/c1-8-3-2-4-12-13(8)18-15(21-12)19-14(20)10-6-5-9(16)7-11(10)17/h2-7H,1H3,(H,18,19,20). The maximum atomic E-state index is 13.6. The third kappa shape index (κ3) is 2.62. The average molecular weight is 304 g/mol. The van der Waals surface area contributed by atoms with Crippen LogP contribution in [0.1, 0.15) is 15.9 Å². The Morgan fingerprint density at radius 2 is 2.05 bits per heavy atom. The summed E-state index contributed by atoms with van der Waals surface area (Å²) < 4.78 is 27.3. The number of nitrogens with one attached hydrogen (secondary N) is 1. The Bertz CT molecular complexity index is 845. The maximum absolute atomic E-state index is 13.6. The van der Waals surface area contributed by atoms with Crippen LogP contribution in [0.5, 0.6) is 0 Å². The van der Waals surface area contributed by atoms with E-state index in [1.54, 1.807) is 0 Å². The molecule has 1 aromatic heterocycles. The van der Waals surface area contributed by atoms with Gasteiger partial charge in [0.15, 0.2) is 5.13 Å². The highest BCUT2D eigenvalue weighted by Gasteiger charge is 2.15. The zero-order chi connectivity index (χ0) is 15.0. The smallest absolute Gasteiger partial charge is 0.260 e. The lowest BCUT2D eigenvalue weighted by molar-refractivity contribution is 0.102. The van der Waals surface area contributed by atoms with Crippen molar-refractivity contribution in [1.29, 1.82) is 0 Å². The van der Waals surface area contributed by atoms with Crippen LogP contribution < -0.4 is 5.32 Å². The van der Waals surface area contributed by atoms with Gasteiger partial charge in [0.05, 0.1) is 15.8 Å². The molecule has 0 saturated carbocycles. The summed E-state index contributed by atoms with van der Waals surface area (Å²) in [5.41, 5.74) is 1.59. The second-order valence-electron chi connectivity index (χ2n) is 4.52. The van der Waals surface area contributed by atoms with E-state index in [2.05, 4.69) is 10.3 Å². The van der Waals surface area contributed by atoms with E-state index in [9.17, 15) is 13.6 Å². The highest BCUT2D eigenvalue weighted by atomic mass is 32.1. The average Bonchev–Trinajstić information content (AvgIpc) is 2.82. The van der Waals surface area contributed by atoms with Crippen molar-refractivity contribution in [2.75, 3.05) is 5.32 Å². The summed E-state index contributed by atoms with van der Waals surface area (Å²) in [6, 6.07) is 8.55. The minimum atomic E-state index is -0.898. The van der Waals surface area contributed by atoms with E-state index >= 15 is 0 Å². The van der Waals surface area contributed by atoms with Crippen LogP contribution in [-0.4, -0.2) is 10.9 Å². The van der Waals surface area contributed by atoms with Gasteiger partial charge < -0.3 is 0 Å². The Labute approximate surface area is 123 Å². The number of halogens is 2. The molecule has 2 aromatic carbocycles. The number of anilines is 1. The van der Waals surface area contributed by atoms with Crippen LogP contribution in [0.4, 0.5) is 13.9 Å². The number of hydrogen-bond donors (Lipinski definition) is 1. The molecule has 0 aliphatic heterocycles. The number of aromatic nitrogens is 1. The predicted octanol–water partition coefficient (Wildman–Crippen LogP) is 4.14. The van der Waals surface area contributed by atoms with Gasteiger partial charge in [-0.25, -0.2) is 13.8 Å². The van der Waals surface area contributed by atoms with Crippen molar-refractivity contribution in [2.45, 2.75) is 6.92 Å². The highest BCUT2D eigenvalue weighted by Crippen LogP contribution is 2.28. The number of hydrogen-bond acceptors (Lipinski definition) is 3. The number of fused-ring (bicyclic) bond motifs is 1. The molecule has 3 rings (SSSR count). The van der Waals surface area contributed by atoms with Crippen LogP contribution in [0.2, 0.25) is 0 Å². The summed E-state index contributed by atoms with van der Waals surface area (Å²) >= 11 is 1.30. The van der Waals surface area contributed by atoms with Gasteiger partial charge in [-0.05, 0) is 30.7 Å². The molecule has 0 aliphatic rings. The molecule has 3 aromatic rings. The fraction of sp³-hybridized carbons (Fsp3) is 0.0667. The first-order valence-corrected chi connectivity index (χ1v) is 6.99.